The lowest BCUT2D eigenvalue weighted by atomic mass is 10.0. The maximum Gasteiger partial charge on any atom is 0.325 e. The number of hydrogen-bond donors (Lipinski definition) is 6. The van der Waals surface area contributed by atoms with Crippen molar-refractivity contribution < 1.29 is 34.5 Å². The number of hydrogen-bond acceptors (Lipinski definition) is 7. The van der Waals surface area contributed by atoms with Crippen LogP contribution in [0.1, 0.15) is 32.3 Å². The van der Waals surface area contributed by atoms with E-state index >= 15 is 0 Å². The van der Waals surface area contributed by atoms with Crippen molar-refractivity contribution in [3.63, 3.8) is 0 Å². The molecule has 7 N–H and O–H groups in total. The molecule has 0 spiro atoms. The highest BCUT2D eigenvalue weighted by atomic mass is 16.4. The van der Waals surface area contributed by atoms with Gasteiger partial charge in [0.15, 0.2) is 0 Å². The third kappa shape index (κ3) is 6.41. The number of carboxylic acid groups (broad SMARTS) is 1. The van der Waals surface area contributed by atoms with E-state index in [1.54, 1.807) is 12.1 Å². The topological polar surface area (TPSA) is 182 Å². The molecule has 0 saturated carbocycles. The first-order valence-electron chi connectivity index (χ1n) is 10.4. The first-order valence-corrected chi connectivity index (χ1v) is 10.4. The van der Waals surface area contributed by atoms with Gasteiger partial charge in [0.25, 0.3) is 0 Å². The molecule has 2 rings (SSSR count). The van der Waals surface area contributed by atoms with Gasteiger partial charge in [-0.25, -0.2) is 0 Å². The van der Waals surface area contributed by atoms with Gasteiger partial charge in [0.05, 0.1) is 6.10 Å². The van der Waals surface area contributed by atoms with E-state index in [1.807, 2.05) is 0 Å². The number of likely N-dealkylation sites (tertiary alicyclic amines) is 1. The van der Waals surface area contributed by atoms with E-state index in [9.17, 15) is 29.4 Å². The molecule has 1 aliphatic rings. The molecular formula is C21H30N4O7. The molecule has 176 valence electrons. The van der Waals surface area contributed by atoms with Crippen molar-refractivity contribution in [3.05, 3.63) is 29.8 Å². The summed E-state index contributed by atoms with van der Waals surface area (Å²) in [5.74, 6) is -3.02. The zero-order valence-corrected chi connectivity index (χ0v) is 18.0. The molecule has 1 saturated heterocycles. The fourth-order valence-corrected chi connectivity index (χ4v) is 3.42. The first kappa shape index (κ1) is 25.1. The third-order valence-electron chi connectivity index (χ3n) is 5.38. The smallest absolute Gasteiger partial charge is 0.325 e. The zero-order valence-electron chi connectivity index (χ0n) is 18.0. The van der Waals surface area contributed by atoms with Crippen LogP contribution in [0.25, 0.3) is 0 Å². The molecule has 1 aliphatic heterocycles. The number of amides is 3. The van der Waals surface area contributed by atoms with Crippen LogP contribution in [0.3, 0.4) is 0 Å². The van der Waals surface area contributed by atoms with E-state index < -0.39 is 54.0 Å². The number of carboxylic acids is 1. The second-order valence-electron chi connectivity index (χ2n) is 7.96. The third-order valence-corrected chi connectivity index (χ3v) is 5.38. The fourth-order valence-electron chi connectivity index (χ4n) is 3.42. The molecule has 11 heteroatoms. The van der Waals surface area contributed by atoms with Crippen LogP contribution in [0.15, 0.2) is 24.3 Å². The molecule has 5 unspecified atom stereocenters. The van der Waals surface area contributed by atoms with Gasteiger partial charge in [0, 0.05) is 13.0 Å². The van der Waals surface area contributed by atoms with Gasteiger partial charge in [-0.2, -0.15) is 0 Å². The molecule has 1 fully saturated rings. The van der Waals surface area contributed by atoms with Crippen LogP contribution in [0.4, 0.5) is 0 Å². The Morgan fingerprint density at radius 2 is 1.78 bits per heavy atom. The lowest BCUT2D eigenvalue weighted by Crippen LogP contribution is -2.57. The second kappa shape index (κ2) is 10.9. The Labute approximate surface area is 185 Å². The molecule has 1 aromatic carbocycles. The molecule has 5 atom stereocenters. The Bertz CT molecular complexity index is 843. The van der Waals surface area contributed by atoms with Gasteiger partial charge in [-0.15, -0.1) is 0 Å². The minimum Gasteiger partial charge on any atom is -0.508 e. The number of benzene rings is 1. The van der Waals surface area contributed by atoms with Gasteiger partial charge >= 0.3 is 5.97 Å². The number of nitrogens with two attached hydrogens (primary N) is 1. The van der Waals surface area contributed by atoms with Crippen molar-refractivity contribution in [2.45, 2.75) is 63.4 Å². The number of nitrogens with zero attached hydrogens (tertiary/aromatic N) is 1. The van der Waals surface area contributed by atoms with Crippen molar-refractivity contribution in [2.75, 3.05) is 6.54 Å². The minimum atomic E-state index is -1.23. The normalized spacial score (nSPS) is 19.5. The average molecular weight is 450 g/mol. The molecule has 32 heavy (non-hydrogen) atoms. The van der Waals surface area contributed by atoms with Gasteiger partial charge in [-0.3, -0.25) is 19.2 Å². The molecular weight excluding hydrogens is 420 g/mol. The summed E-state index contributed by atoms with van der Waals surface area (Å²) >= 11 is 0. The van der Waals surface area contributed by atoms with E-state index in [0.717, 1.165) is 0 Å². The highest BCUT2D eigenvalue weighted by Gasteiger charge is 2.38. The Kier molecular flexibility index (Phi) is 8.56. The van der Waals surface area contributed by atoms with Crippen LogP contribution in [0.2, 0.25) is 0 Å². The van der Waals surface area contributed by atoms with Crippen LogP contribution in [-0.2, 0) is 25.6 Å². The molecule has 3 amide bonds. The lowest BCUT2D eigenvalue weighted by Gasteiger charge is -2.29. The summed E-state index contributed by atoms with van der Waals surface area (Å²) < 4.78 is 0. The van der Waals surface area contributed by atoms with Crippen molar-refractivity contribution in [3.8, 4) is 5.75 Å². The van der Waals surface area contributed by atoms with Gasteiger partial charge in [0.2, 0.25) is 17.7 Å². The molecule has 0 radical (unpaired) electrons. The number of phenolic OH excluding ortho intramolecular Hbond substituents is 1. The van der Waals surface area contributed by atoms with Crippen molar-refractivity contribution in [2.24, 2.45) is 5.73 Å². The Balaban J connectivity index is 2.18. The summed E-state index contributed by atoms with van der Waals surface area (Å²) in [7, 11) is 0. The van der Waals surface area contributed by atoms with E-state index in [4.69, 9.17) is 10.8 Å². The van der Waals surface area contributed by atoms with Crippen LogP contribution in [-0.4, -0.2) is 80.7 Å². The van der Waals surface area contributed by atoms with E-state index in [1.165, 1.54) is 30.9 Å². The van der Waals surface area contributed by atoms with Gasteiger partial charge < -0.3 is 36.6 Å². The highest BCUT2D eigenvalue weighted by Crippen LogP contribution is 2.19. The number of aliphatic hydroxyl groups is 1. The molecule has 11 nitrogen and oxygen atoms in total. The minimum absolute atomic E-state index is 0.0350. The van der Waals surface area contributed by atoms with Crippen LogP contribution >= 0.6 is 0 Å². The van der Waals surface area contributed by atoms with Crippen molar-refractivity contribution >= 4 is 23.7 Å². The molecule has 0 aromatic heterocycles. The van der Waals surface area contributed by atoms with E-state index in [2.05, 4.69) is 10.6 Å². The zero-order chi connectivity index (χ0) is 24.0. The van der Waals surface area contributed by atoms with Gasteiger partial charge in [-0.1, -0.05) is 12.1 Å². The molecule has 0 bridgehead atoms. The summed E-state index contributed by atoms with van der Waals surface area (Å²) in [6.45, 7) is 2.98. The molecule has 0 aliphatic carbocycles. The van der Waals surface area contributed by atoms with E-state index in [0.29, 0.717) is 24.9 Å². The van der Waals surface area contributed by atoms with Crippen molar-refractivity contribution in [1.29, 1.82) is 0 Å². The van der Waals surface area contributed by atoms with Crippen LogP contribution < -0.4 is 16.4 Å². The Hall–Kier alpha value is -3.18. The largest absolute Gasteiger partial charge is 0.508 e. The molecule has 1 aromatic rings. The number of carbonyl (C=O) groups is 4. The quantitative estimate of drug-likeness (QED) is 0.268. The Morgan fingerprint density at radius 1 is 1.16 bits per heavy atom. The van der Waals surface area contributed by atoms with Gasteiger partial charge in [-0.05, 0) is 44.4 Å². The van der Waals surface area contributed by atoms with Gasteiger partial charge in [0.1, 0.15) is 29.9 Å². The maximum atomic E-state index is 13.0. The number of aliphatic hydroxyl groups excluding tert-OH is 1. The number of carbonyl (C=O) groups excluding carboxylic acids is 3. The maximum absolute atomic E-state index is 13.0. The fraction of sp³-hybridized carbons (Fsp3) is 0.524. The Morgan fingerprint density at radius 3 is 2.34 bits per heavy atom. The summed E-state index contributed by atoms with van der Waals surface area (Å²) in [6.07, 6.45) is -0.125. The number of nitrogens with one attached hydrogen (secondary N) is 2. The van der Waals surface area contributed by atoms with E-state index in [-0.39, 0.29) is 12.2 Å². The highest BCUT2D eigenvalue weighted by molar-refractivity contribution is 5.94. The SMILES string of the molecule is CC(NC(=O)C(Cc1ccc(O)cc1)NC(=O)C1CCCN1C(=O)C(N)C(C)O)C(=O)O. The first-order chi connectivity index (χ1) is 15.0. The van der Waals surface area contributed by atoms with Crippen molar-refractivity contribution in [1.82, 2.24) is 15.5 Å². The number of aliphatic carboxylic acids is 1. The number of rotatable bonds is 9. The monoisotopic (exact) mass is 450 g/mol. The molecule has 1 heterocycles. The number of phenols is 1. The van der Waals surface area contributed by atoms with Crippen LogP contribution in [0.5, 0.6) is 5.75 Å². The standard InChI is InChI=1S/C21H30N4O7/c1-11(21(31)32)23-18(28)15(10-13-5-7-14(27)8-6-13)24-19(29)16-4-3-9-25(16)20(30)17(22)12(2)26/h5-8,11-12,15-17,26-27H,3-4,9-10,22H2,1-2H3,(H,23,28)(H,24,29)(H,31,32). The summed E-state index contributed by atoms with van der Waals surface area (Å²) in [5.41, 5.74) is 6.36. The predicted molar refractivity (Wildman–Crippen MR) is 113 cm³/mol. The predicted octanol–water partition coefficient (Wildman–Crippen LogP) is -1.29. The summed E-state index contributed by atoms with van der Waals surface area (Å²) in [5, 5.41) is 33.1. The lowest BCUT2D eigenvalue weighted by molar-refractivity contribution is -0.143. The second-order valence-corrected chi connectivity index (χ2v) is 7.96. The summed E-state index contributed by atoms with van der Waals surface area (Å²) in [6, 6.07) is 1.70. The number of aromatic hydroxyl groups is 1. The summed E-state index contributed by atoms with van der Waals surface area (Å²) in [4.78, 5) is 50.7. The van der Waals surface area contributed by atoms with Crippen LogP contribution in [0, 0.1) is 0 Å². The average Bonchev–Trinajstić information content (AvgIpc) is 3.23.